The molecular formula is C13H14BrN3. The van der Waals surface area contributed by atoms with Gasteiger partial charge >= 0.3 is 0 Å². The molecule has 0 aliphatic carbocycles. The van der Waals surface area contributed by atoms with Gasteiger partial charge in [-0.05, 0) is 24.6 Å². The predicted octanol–water partition coefficient (Wildman–Crippen LogP) is 3.09. The first-order valence-electron chi connectivity index (χ1n) is 5.51. The quantitative estimate of drug-likeness (QED) is 0.941. The van der Waals surface area contributed by atoms with Gasteiger partial charge in [0.2, 0.25) is 0 Å². The van der Waals surface area contributed by atoms with Crippen molar-refractivity contribution < 1.29 is 0 Å². The highest BCUT2D eigenvalue weighted by Gasteiger charge is 2.08. The van der Waals surface area contributed by atoms with Crippen LogP contribution in [-0.2, 0) is 6.54 Å². The molecule has 4 heteroatoms. The van der Waals surface area contributed by atoms with E-state index in [1.807, 2.05) is 24.3 Å². The third kappa shape index (κ3) is 3.35. The fourth-order valence-electron chi connectivity index (χ4n) is 1.60. The zero-order chi connectivity index (χ0) is 12.1. The Morgan fingerprint density at radius 3 is 2.59 bits per heavy atom. The molecule has 0 spiro atoms. The van der Waals surface area contributed by atoms with Crippen LogP contribution in [0.25, 0.3) is 0 Å². The molecule has 1 aromatic carbocycles. The standard InChI is InChI=1S/C13H14BrN3/c1-10(11-5-2-3-6-12(11)14)17-9-13-15-7-4-8-16-13/h2-8,10,17H,9H2,1H3/t10-/m1/s1. The lowest BCUT2D eigenvalue weighted by Crippen LogP contribution is -2.19. The molecule has 2 rings (SSSR count). The summed E-state index contributed by atoms with van der Waals surface area (Å²) in [5.74, 6) is 0.811. The summed E-state index contributed by atoms with van der Waals surface area (Å²) in [5, 5.41) is 3.40. The summed E-state index contributed by atoms with van der Waals surface area (Å²) in [4.78, 5) is 8.36. The molecule has 1 aromatic heterocycles. The minimum Gasteiger partial charge on any atom is -0.303 e. The predicted molar refractivity (Wildman–Crippen MR) is 71.4 cm³/mol. The van der Waals surface area contributed by atoms with Gasteiger partial charge in [0.1, 0.15) is 5.82 Å². The number of aromatic nitrogens is 2. The van der Waals surface area contributed by atoms with Gasteiger partial charge in [-0.15, -0.1) is 0 Å². The van der Waals surface area contributed by atoms with E-state index in [9.17, 15) is 0 Å². The van der Waals surface area contributed by atoms with Crippen molar-refractivity contribution in [3.05, 3.63) is 58.6 Å². The molecular weight excluding hydrogens is 278 g/mol. The molecule has 0 amide bonds. The van der Waals surface area contributed by atoms with Crippen LogP contribution >= 0.6 is 15.9 Å². The Labute approximate surface area is 109 Å². The van der Waals surface area contributed by atoms with E-state index < -0.39 is 0 Å². The maximum Gasteiger partial charge on any atom is 0.141 e. The Hall–Kier alpha value is -1.26. The summed E-state index contributed by atoms with van der Waals surface area (Å²) in [6.45, 7) is 2.80. The zero-order valence-electron chi connectivity index (χ0n) is 9.60. The maximum atomic E-state index is 4.18. The summed E-state index contributed by atoms with van der Waals surface area (Å²) >= 11 is 3.55. The van der Waals surface area contributed by atoms with Crippen molar-refractivity contribution in [2.24, 2.45) is 0 Å². The van der Waals surface area contributed by atoms with Crippen molar-refractivity contribution in [3.63, 3.8) is 0 Å². The summed E-state index contributed by atoms with van der Waals surface area (Å²) in [7, 11) is 0. The first kappa shape index (κ1) is 12.2. The summed E-state index contributed by atoms with van der Waals surface area (Å²) < 4.78 is 1.12. The Morgan fingerprint density at radius 1 is 1.18 bits per heavy atom. The molecule has 2 aromatic rings. The van der Waals surface area contributed by atoms with Crippen molar-refractivity contribution in [3.8, 4) is 0 Å². The van der Waals surface area contributed by atoms with Gasteiger partial charge in [-0.2, -0.15) is 0 Å². The molecule has 0 saturated carbocycles. The highest BCUT2D eigenvalue weighted by atomic mass is 79.9. The lowest BCUT2D eigenvalue weighted by atomic mass is 10.1. The van der Waals surface area contributed by atoms with E-state index in [4.69, 9.17) is 0 Å². The van der Waals surface area contributed by atoms with Crippen molar-refractivity contribution in [1.29, 1.82) is 0 Å². The van der Waals surface area contributed by atoms with Crippen molar-refractivity contribution in [2.75, 3.05) is 0 Å². The molecule has 88 valence electrons. The Kier molecular flexibility index (Phi) is 4.23. The third-order valence-corrected chi connectivity index (χ3v) is 3.28. The smallest absolute Gasteiger partial charge is 0.141 e. The average Bonchev–Trinajstić information content (AvgIpc) is 2.38. The van der Waals surface area contributed by atoms with Crippen LogP contribution < -0.4 is 5.32 Å². The van der Waals surface area contributed by atoms with Crippen LogP contribution in [0.15, 0.2) is 47.2 Å². The minimum atomic E-state index is 0.259. The second kappa shape index (κ2) is 5.89. The van der Waals surface area contributed by atoms with Gasteiger partial charge in [0, 0.05) is 22.9 Å². The van der Waals surface area contributed by atoms with E-state index in [0.717, 1.165) is 10.3 Å². The van der Waals surface area contributed by atoms with Crippen molar-refractivity contribution >= 4 is 15.9 Å². The molecule has 0 aliphatic heterocycles. The average molecular weight is 292 g/mol. The highest BCUT2D eigenvalue weighted by Crippen LogP contribution is 2.22. The van der Waals surface area contributed by atoms with Crippen molar-refractivity contribution in [1.82, 2.24) is 15.3 Å². The largest absolute Gasteiger partial charge is 0.303 e. The van der Waals surface area contributed by atoms with Crippen LogP contribution in [0.2, 0.25) is 0 Å². The van der Waals surface area contributed by atoms with Gasteiger partial charge < -0.3 is 5.32 Å². The molecule has 17 heavy (non-hydrogen) atoms. The van der Waals surface area contributed by atoms with Gasteiger partial charge in [0.25, 0.3) is 0 Å². The molecule has 1 atom stereocenters. The third-order valence-electron chi connectivity index (χ3n) is 2.56. The van der Waals surface area contributed by atoms with E-state index in [2.05, 4.69) is 44.2 Å². The molecule has 0 unspecified atom stereocenters. The van der Waals surface area contributed by atoms with E-state index in [0.29, 0.717) is 6.54 Å². The van der Waals surface area contributed by atoms with Crippen molar-refractivity contribution in [2.45, 2.75) is 19.5 Å². The van der Waals surface area contributed by atoms with Gasteiger partial charge in [-0.1, -0.05) is 34.1 Å². The zero-order valence-corrected chi connectivity index (χ0v) is 11.2. The van der Waals surface area contributed by atoms with Crippen LogP contribution in [-0.4, -0.2) is 9.97 Å². The second-order valence-electron chi connectivity index (χ2n) is 3.79. The lowest BCUT2D eigenvalue weighted by Gasteiger charge is -2.15. The van der Waals surface area contributed by atoms with Crippen LogP contribution in [0.3, 0.4) is 0 Å². The molecule has 0 aliphatic rings. The topological polar surface area (TPSA) is 37.8 Å². The van der Waals surface area contributed by atoms with Crippen LogP contribution in [0.5, 0.6) is 0 Å². The molecule has 1 N–H and O–H groups in total. The monoisotopic (exact) mass is 291 g/mol. The first-order chi connectivity index (χ1) is 8.27. The Morgan fingerprint density at radius 2 is 1.88 bits per heavy atom. The van der Waals surface area contributed by atoms with Gasteiger partial charge in [0.05, 0.1) is 6.54 Å². The van der Waals surface area contributed by atoms with E-state index in [1.165, 1.54) is 5.56 Å². The van der Waals surface area contributed by atoms with Gasteiger partial charge in [-0.25, -0.2) is 9.97 Å². The number of halogens is 1. The summed E-state index contributed by atoms with van der Waals surface area (Å²) in [6, 6.07) is 10.3. The second-order valence-corrected chi connectivity index (χ2v) is 4.64. The fourth-order valence-corrected chi connectivity index (χ4v) is 2.23. The van der Waals surface area contributed by atoms with Gasteiger partial charge in [0.15, 0.2) is 0 Å². The maximum absolute atomic E-state index is 4.18. The lowest BCUT2D eigenvalue weighted by molar-refractivity contribution is 0.557. The van der Waals surface area contributed by atoms with Crippen LogP contribution in [0.4, 0.5) is 0 Å². The SMILES string of the molecule is C[C@@H](NCc1ncccn1)c1ccccc1Br. The Bertz CT molecular complexity index is 473. The first-order valence-corrected chi connectivity index (χ1v) is 6.30. The molecule has 0 radical (unpaired) electrons. The van der Waals surface area contributed by atoms with Gasteiger partial charge in [-0.3, -0.25) is 0 Å². The van der Waals surface area contributed by atoms with E-state index >= 15 is 0 Å². The van der Waals surface area contributed by atoms with E-state index in [-0.39, 0.29) is 6.04 Å². The molecule has 1 heterocycles. The molecule has 0 fully saturated rings. The number of benzene rings is 1. The summed E-state index contributed by atoms with van der Waals surface area (Å²) in [5.41, 5.74) is 1.24. The minimum absolute atomic E-state index is 0.259. The molecule has 0 saturated heterocycles. The number of rotatable bonds is 4. The Balaban J connectivity index is 1.99. The number of nitrogens with zero attached hydrogens (tertiary/aromatic N) is 2. The van der Waals surface area contributed by atoms with Crippen LogP contribution in [0.1, 0.15) is 24.4 Å². The summed E-state index contributed by atoms with van der Waals surface area (Å²) in [6.07, 6.45) is 3.51. The molecule has 3 nitrogen and oxygen atoms in total. The fraction of sp³-hybridized carbons (Fsp3) is 0.231. The van der Waals surface area contributed by atoms with Crippen LogP contribution in [0, 0.1) is 0 Å². The number of nitrogens with one attached hydrogen (secondary N) is 1. The van der Waals surface area contributed by atoms with E-state index in [1.54, 1.807) is 12.4 Å². The normalized spacial score (nSPS) is 12.4. The number of hydrogen-bond donors (Lipinski definition) is 1. The molecule has 0 bridgehead atoms. The highest BCUT2D eigenvalue weighted by molar-refractivity contribution is 9.10. The number of hydrogen-bond acceptors (Lipinski definition) is 3.